The van der Waals surface area contributed by atoms with E-state index in [0.29, 0.717) is 6.10 Å². The molecule has 1 fully saturated rings. The molecule has 6 nitrogen and oxygen atoms in total. The minimum absolute atomic E-state index is 0.214. The monoisotopic (exact) mass is 493 g/mol. The summed E-state index contributed by atoms with van der Waals surface area (Å²) < 4.78 is 21.5. The van der Waals surface area contributed by atoms with Gasteiger partial charge in [0.2, 0.25) is 0 Å². The number of rotatable bonds is 5. The Morgan fingerprint density at radius 2 is 1.78 bits per heavy atom. The SMILES string of the molecule is COC1CCC(N=c2cc3n(-c4ccc(F)cc4)c4ccccc4nc-3cc2Nc2cccnc2)CC1. The molecule has 37 heavy (non-hydrogen) atoms. The second-order valence-electron chi connectivity index (χ2n) is 9.43. The Kier molecular flexibility index (Phi) is 6.37. The Morgan fingerprint density at radius 3 is 2.54 bits per heavy atom. The number of anilines is 2. The number of ether oxygens (including phenoxy) is 1. The van der Waals surface area contributed by atoms with E-state index in [0.717, 1.165) is 70.5 Å². The van der Waals surface area contributed by atoms with Crippen molar-refractivity contribution < 1.29 is 9.13 Å². The number of methoxy groups -OCH3 is 1. The minimum Gasteiger partial charge on any atom is -0.381 e. The van der Waals surface area contributed by atoms with Crippen LogP contribution in [0, 0.1) is 5.82 Å². The van der Waals surface area contributed by atoms with Crippen LogP contribution in [0.2, 0.25) is 0 Å². The molecule has 2 heterocycles. The van der Waals surface area contributed by atoms with Crippen LogP contribution in [-0.4, -0.2) is 33.8 Å². The zero-order valence-electron chi connectivity index (χ0n) is 20.6. The number of fused-ring (bicyclic) bond motifs is 2. The van der Waals surface area contributed by atoms with E-state index in [4.69, 9.17) is 14.7 Å². The van der Waals surface area contributed by atoms with Gasteiger partial charge >= 0.3 is 0 Å². The van der Waals surface area contributed by atoms with Gasteiger partial charge in [-0.1, -0.05) is 12.1 Å². The number of hydrogen-bond donors (Lipinski definition) is 1. The summed E-state index contributed by atoms with van der Waals surface area (Å²) in [6.07, 6.45) is 7.84. The normalized spacial score (nSPS) is 18.4. The van der Waals surface area contributed by atoms with Crippen LogP contribution < -0.4 is 10.7 Å². The van der Waals surface area contributed by atoms with Crippen molar-refractivity contribution in [2.45, 2.75) is 37.8 Å². The van der Waals surface area contributed by atoms with Gasteiger partial charge in [0.15, 0.2) is 0 Å². The number of nitrogens with one attached hydrogen (secondary N) is 1. The molecule has 0 unspecified atom stereocenters. The summed E-state index contributed by atoms with van der Waals surface area (Å²) in [4.78, 5) is 14.5. The van der Waals surface area contributed by atoms with Gasteiger partial charge in [-0.25, -0.2) is 9.37 Å². The lowest BCUT2D eigenvalue weighted by Crippen LogP contribution is -2.25. The lowest BCUT2D eigenvalue weighted by Gasteiger charge is -2.25. The molecule has 2 aromatic carbocycles. The maximum absolute atomic E-state index is 13.8. The molecule has 2 aliphatic carbocycles. The zero-order valence-corrected chi connectivity index (χ0v) is 20.6. The van der Waals surface area contributed by atoms with Gasteiger partial charge in [-0.15, -0.1) is 0 Å². The lowest BCUT2D eigenvalue weighted by atomic mass is 9.93. The van der Waals surface area contributed by atoms with Crippen LogP contribution in [-0.2, 0) is 4.74 Å². The third kappa shape index (κ3) is 4.82. The van der Waals surface area contributed by atoms with Crippen molar-refractivity contribution in [3.05, 3.63) is 96.4 Å². The molecule has 3 aliphatic rings. The first-order valence-corrected chi connectivity index (χ1v) is 12.6. The first-order valence-electron chi connectivity index (χ1n) is 12.6. The largest absolute Gasteiger partial charge is 0.381 e. The van der Waals surface area contributed by atoms with Crippen LogP contribution in [0.25, 0.3) is 28.1 Å². The summed E-state index contributed by atoms with van der Waals surface area (Å²) in [5, 5.41) is 4.38. The third-order valence-electron chi connectivity index (χ3n) is 7.02. The summed E-state index contributed by atoms with van der Waals surface area (Å²) in [6.45, 7) is 0. The second-order valence-corrected chi connectivity index (χ2v) is 9.43. The van der Waals surface area contributed by atoms with Crippen LogP contribution in [0.4, 0.5) is 15.8 Å². The minimum atomic E-state index is -0.266. The molecule has 0 spiro atoms. The van der Waals surface area contributed by atoms with E-state index in [2.05, 4.69) is 27.0 Å². The average molecular weight is 494 g/mol. The molecule has 186 valence electrons. The van der Waals surface area contributed by atoms with Crippen LogP contribution in [0.5, 0.6) is 0 Å². The molecule has 6 rings (SSSR count). The summed E-state index contributed by atoms with van der Waals surface area (Å²) >= 11 is 0. The Hall–Kier alpha value is -4.10. The average Bonchev–Trinajstić information content (AvgIpc) is 2.94. The van der Waals surface area contributed by atoms with Gasteiger partial charge in [-0.3, -0.25) is 9.98 Å². The molecule has 1 saturated carbocycles. The van der Waals surface area contributed by atoms with Gasteiger partial charge in [0.1, 0.15) is 5.82 Å². The van der Waals surface area contributed by atoms with E-state index < -0.39 is 0 Å². The first kappa shape index (κ1) is 23.3. The van der Waals surface area contributed by atoms with Crippen LogP contribution in [0.1, 0.15) is 25.7 Å². The second kappa shape index (κ2) is 10.1. The van der Waals surface area contributed by atoms with Crippen LogP contribution in [0.3, 0.4) is 0 Å². The van der Waals surface area contributed by atoms with Crippen molar-refractivity contribution in [2.75, 3.05) is 12.4 Å². The molecule has 0 radical (unpaired) electrons. The molecule has 1 N–H and O–H groups in total. The van der Waals surface area contributed by atoms with E-state index in [1.54, 1.807) is 31.6 Å². The number of pyridine rings is 1. The highest BCUT2D eigenvalue weighted by molar-refractivity contribution is 5.84. The van der Waals surface area contributed by atoms with Crippen molar-refractivity contribution in [2.24, 2.45) is 4.99 Å². The van der Waals surface area contributed by atoms with E-state index >= 15 is 0 Å². The fourth-order valence-electron chi connectivity index (χ4n) is 5.12. The summed E-state index contributed by atoms with van der Waals surface area (Å²) in [5.74, 6) is -0.266. The predicted molar refractivity (Wildman–Crippen MR) is 144 cm³/mol. The molecule has 0 bridgehead atoms. The molecule has 0 saturated heterocycles. The molecular weight excluding hydrogens is 465 g/mol. The Balaban J connectivity index is 1.57. The Bertz CT molecular complexity index is 1560. The van der Waals surface area contributed by atoms with Gasteiger partial charge in [0, 0.05) is 19.0 Å². The summed E-state index contributed by atoms with van der Waals surface area (Å²) in [5.41, 5.74) is 6.15. The van der Waals surface area contributed by atoms with Crippen LogP contribution >= 0.6 is 0 Å². The fourth-order valence-corrected chi connectivity index (χ4v) is 5.12. The van der Waals surface area contributed by atoms with Gasteiger partial charge in [0.05, 0.1) is 57.5 Å². The fraction of sp³-hybridized carbons (Fsp3) is 0.233. The van der Waals surface area contributed by atoms with Crippen molar-refractivity contribution >= 4 is 22.4 Å². The van der Waals surface area contributed by atoms with E-state index in [9.17, 15) is 4.39 Å². The topological polar surface area (TPSA) is 64.3 Å². The van der Waals surface area contributed by atoms with Gasteiger partial charge < -0.3 is 14.6 Å². The smallest absolute Gasteiger partial charge is 0.123 e. The van der Waals surface area contributed by atoms with Crippen molar-refractivity contribution in [1.29, 1.82) is 0 Å². The maximum atomic E-state index is 13.8. The standard InChI is InChI=1S/C30H28FN5O/c1-37-24-14-10-21(11-15-24)33-27-18-30-28(17-26(27)34-22-5-4-16-32-19-22)35-25-6-2-3-7-29(25)36(30)23-12-8-20(31)9-13-23/h2-9,12-13,16-19,21,24,34H,10-11,14-15H2,1H3. The van der Waals surface area contributed by atoms with Gasteiger partial charge in [-0.2, -0.15) is 0 Å². The van der Waals surface area contributed by atoms with Gasteiger partial charge in [0.25, 0.3) is 0 Å². The van der Waals surface area contributed by atoms with E-state index in [1.165, 1.54) is 12.1 Å². The van der Waals surface area contributed by atoms with Crippen molar-refractivity contribution in [1.82, 2.24) is 14.5 Å². The van der Waals surface area contributed by atoms with Crippen molar-refractivity contribution in [3.63, 3.8) is 0 Å². The third-order valence-corrected chi connectivity index (χ3v) is 7.02. The van der Waals surface area contributed by atoms with E-state index in [1.807, 2.05) is 36.4 Å². The quantitative estimate of drug-likeness (QED) is 0.293. The zero-order chi connectivity index (χ0) is 25.2. The highest BCUT2D eigenvalue weighted by atomic mass is 19.1. The maximum Gasteiger partial charge on any atom is 0.123 e. The molecular formula is C30H28FN5O. The number of aromatic nitrogens is 3. The first-order chi connectivity index (χ1) is 18.2. The Labute approximate surface area is 214 Å². The molecule has 0 atom stereocenters. The number of halogens is 1. The molecule has 0 amide bonds. The highest BCUT2D eigenvalue weighted by Gasteiger charge is 2.21. The number of hydrogen-bond acceptors (Lipinski definition) is 5. The van der Waals surface area contributed by atoms with Crippen LogP contribution in [0.15, 0.2) is 90.2 Å². The summed E-state index contributed by atoms with van der Waals surface area (Å²) in [7, 11) is 1.78. The van der Waals surface area contributed by atoms with Gasteiger partial charge in [-0.05, 0) is 86.3 Å². The summed E-state index contributed by atoms with van der Waals surface area (Å²) in [6, 6.07) is 22.8. The highest BCUT2D eigenvalue weighted by Crippen LogP contribution is 2.31. The number of para-hydroxylation sites is 2. The molecule has 1 aromatic heterocycles. The van der Waals surface area contributed by atoms with Crippen molar-refractivity contribution in [3.8, 4) is 17.1 Å². The number of benzene rings is 3. The lowest BCUT2D eigenvalue weighted by molar-refractivity contribution is 0.0663. The van der Waals surface area contributed by atoms with E-state index in [-0.39, 0.29) is 11.9 Å². The molecule has 1 aliphatic heterocycles. The Morgan fingerprint density at radius 1 is 0.973 bits per heavy atom. The molecule has 7 heteroatoms. The number of nitrogens with zero attached hydrogens (tertiary/aromatic N) is 4. The predicted octanol–water partition coefficient (Wildman–Crippen LogP) is 6.27. The molecule has 3 aromatic rings.